The third-order valence-corrected chi connectivity index (χ3v) is 6.13. The van der Waals surface area contributed by atoms with Gasteiger partial charge in [-0.05, 0) is 48.1 Å². The van der Waals surface area contributed by atoms with Gasteiger partial charge < -0.3 is 15.5 Å². The van der Waals surface area contributed by atoms with Gasteiger partial charge in [0.05, 0.1) is 28.6 Å². The summed E-state index contributed by atoms with van der Waals surface area (Å²) in [7, 11) is 0. The van der Waals surface area contributed by atoms with Crippen molar-refractivity contribution in [3.63, 3.8) is 0 Å². The van der Waals surface area contributed by atoms with Gasteiger partial charge in [0.15, 0.2) is 0 Å². The van der Waals surface area contributed by atoms with Gasteiger partial charge in [-0.3, -0.25) is 14.4 Å². The van der Waals surface area contributed by atoms with Crippen molar-refractivity contribution >= 4 is 35.2 Å². The fraction of sp³-hybridized carbons (Fsp3) is 0.318. The molecule has 2 N–H and O–H groups in total. The maximum atomic E-state index is 13.3. The summed E-state index contributed by atoms with van der Waals surface area (Å²) in [5, 5.41) is 5.56. The zero-order valence-electron chi connectivity index (χ0n) is 17.0. The van der Waals surface area contributed by atoms with Gasteiger partial charge in [-0.2, -0.15) is 24.9 Å². The lowest BCUT2D eigenvalue weighted by molar-refractivity contribution is -0.137. The van der Waals surface area contributed by atoms with Crippen LogP contribution in [0.15, 0.2) is 42.5 Å². The smallest absolute Gasteiger partial charge is 0.350 e. The van der Waals surface area contributed by atoms with Gasteiger partial charge in [-0.1, -0.05) is 18.2 Å². The lowest BCUT2D eigenvalue weighted by Crippen LogP contribution is -2.51. The Bertz CT molecular complexity index is 1090. The molecule has 2 aliphatic heterocycles. The number of carbonyl (C=O) groups excluding carboxylic acids is 3. The molecule has 3 amide bonds. The summed E-state index contributed by atoms with van der Waals surface area (Å²) in [6.45, 7) is 0.286. The summed E-state index contributed by atoms with van der Waals surface area (Å²) in [5.41, 5.74) is 0.449. The molecule has 0 bridgehead atoms. The quantitative estimate of drug-likeness (QED) is 0.729. The standard InChI is InChI=1S/C22H20F3N3O3S/c1-32-11-18(29)26-17-7-8-28-19(17)20(30)27-16-6-5-13(10-15(16)21(28)31)12-3-2-4-14(9-12)22(23,24)25/h2-6,9-10,17,19H,7-8,11H2,1H3,(H,26,29)(H,27,30)/t17-,19+/m1/s1. The van der Waals surface area contributed by atoms with Crippen LogP contribution in [0, 0.1) is 0 Å². The molecule has 0 unspecified atom stereocenters. The first-order valence-corrected chi connectivity index (χ1v) is 11.3. The van der Waals surface area contributed by atoms with Crippen molar-refractivity contribution in [1.82, 2.24) is 10.2 Å². The number of anilines is 1. The van der Waals surface area contributed by atoms with E-state index in [0.29, 0.717) is 23.2 Å². The second-order valence-corrected chi connectivity index (χ2v) is 8.53. The van der Waals surface area contributed by atoms with Crippen molar-refractivity contribution in [1.29, 1.82) is 0 Å². The van der Waals surface area contributed by atoms with Crippen LogP contribution in [0.3, 0.4) is 0 Å². The van der Waals surface area contributed by atoms with E-state index in [9.17, 15) is 27.6 Å². The van der Waals surface area contributed by atoms with E-state index in [4.69, 9.17) is 0 Å². The summed E-state index contributed by atoms with van der Waals surface area (Å²) in [6.07, 6.45) is -2.25. The van der Waals surface area contributed by atoms with E-state index >= 15 is 0 Å². The van der Waals surface area contributed by atoms with E-state index in [1.807, 2.05) is 0 Å². The molecular formula is C22H20F3N3O3S. The lowest BCUT2D eigenvalue weighted by Gasteiger charge is -2.24. The number of nitrogens with zero attached hydrogens (tertiary/aromatic N) is 1. The number of hydrogen-bond donors (Lipinski definition) is 2. The topological polar surface area (TPSA) is 78.5 Å². The van der Waals surface area contributed by atoms with E-state index in [0.717, 1.165) is 12.1 Å². The summed E-state index contributed by atoms with van der Waals surface area (Å²) < 4.78 is 39.3. The average molecular weight is 463 g/mol. The Balaban J connectivity index is 1.66. The van der Waals surface area contributed by atoms with Crippen LogP contribution in [-0.2, 0) is 15.8 Å². The highest BCUT2D eigenvalue weighted by atomic mass is 32.2. The zero-order chi connectivity index (χ0) is 23.0. The molecule has 0 spiro atoms. The van der Waals surface area contributed by atoms with Gasteiger partial charge in [0, 0.05) is 6.54 Å². The van der Waals surface area contributed by atoms with Crippen LogP contribution in [0.5, 0.6) is 0 Å². The van der Waals surface area contributed by atoms with E-state index in [-0.39, 0.29) is 23.8 Å². The normalized spacial score (nSPS) is 20.3. The molecule has 10 heteroatoms. The fourth-order valence-electron chi connectivity index (χ4n) is 4.12. The Morgan fingerprint density at radius 1 is 1.19 bits per heavy atom. The summed E-state index contributed by atoms with van der Waals surface area (Å²) in [4.78, 5) is 39.6. The highest BCUT2D eigenvalue weighted by Crippen LogP contribution is 2.35. The van der Waals surface area contributed by atoms with E-state index in [1.165, 1.54) is 40.9 Å². The third-order valence-electron chi connectivity index (χ3n) is 5.58. The van der Waals surface area contributed by atoms with E-state index < -0.39 is 35.6 Å². The van der Waals surface area contributed by atoms with Crippen LogP contribution in [0.2, 0.25) is 0 Å². The van der Waals surface area contributed by atoms with Crippen molar-refractivity contribution in [2.24, 2.45) is 0 Å². The van der Waals surface area contributed by atoms with Crippen molar-refractivity contribution in [3.05, 3.63) is 53.6 Å². The first-order valence-electron chi connectivity index (χ1n) is 9.91. The molecule has 0 aromatic heterocycles. The molecule has 2 aliphatic rings. The van der Waals surface area contributed by atoms with Crippen LogP contribution in [0.25, 0.3) is 11.1 Å². The van der Waals surface area contributed by atoms with Gasteiger partial charge >= 0.3 is 6.18 Å². The van der Waals surface area contributed by atoms with E-state index in [2.05, 4.69) is 10.6 Å². The van der Waals surface area contributed by atoms with Crippen LogP contribution < -0.4 is 10.6 Å². The Morgan fingerprint density at radius 3 is 2.66 bits per heavy atom. The number of halogens is 3. The number of fused-ring (bicyclic) bond motifs is 2. The number of alkyl halides is 3. The highest BCUT2D eigenvalue weighted by Gasteiger charge is 2.45. The molecule has 32 heavy (non-hydrogen) atoms. The molecule has 6 nitrogen and oxygen atoms in total. The zero-order valence-corrected chi connectivity index (χ0v) is 17.8. The molecule has 1 saturated heterocycles. The monoisotopic (exact) mass is 463 g/mol. The van der Waals surface area contributed by atoms with Crippen molar-refractivity contribution < 1.29 is 27.6 Å². The maximum Gasteiger partial charge on any atom is 0.416 e. The molecular weight excluding hydrogens is 443 g/mol. The van der Waals surface area contributed by atoms with Crippen molar-refractivity contribution in [2.45, 2.75) is 24.7 Å². The molecule has 2 aromatic carbocycles. The highest BCUT2D eigenvalue weighted by molar-refractivity contribution is 7.99. The Labute approximate surface area is 186 Å². The number of rotatable bonds is 4. The number of benzene rings is 2. The molecule has 0 aliphatic carbocycles. The van der Waals surface area contributed by atoms with Gasteiger partial charge in [-0.15, -0.1) is 0 Å². The number of amides is 3. The molecule has 0 saturated carbocycles. The minimum atomic E-state index is -4.48. The first kappa shape index (κ1) is 22.2. The van der Waals surface area contributed by atoms with Gasteiger partial charge in [0.1, 0.15) is 6.04 Å². The van der Waals surface area contributed by atoms with Crippen LogP contribution in [0.1, 0.15) is 22.3 Å². The summed E-state index contributed by atoms with van der Waals surface area (Å²) in [5.74, 6) is -0.771. The summed E-state index contributed by atoms with van der Waals surface area (Å²) in [6, 6.07) is 8.08. The molecule has 2 heterocycles. The number of nitrogens with one attached hydrogen (secondary N) is 2. The fourth-order valence-corrected chi connectivity index (χ4v) is 4.47. The number of thioether (sulfide) groups is 1. The molecule has 4 rings (SSSR count). The largest absolute Gasteiger partial charge is 0.416 e. The minimum Gasteiger partial charge on any atom is -0.350 e. The van der Waals surface area contributed by atoms with Gasteiger partial charge in [0.2, 0.25) is 11.8 Å². The van der Waals surface area contributed by atoms with Crippen LogP contribution >= 0.6 is 11.8 Å². The van der Waals surface area contributed by atoms with Gasteiger partial charge in [-0.25, -0.2) is 0 Å². The van der Waals surface area contributed by atoms with Crippen LogP contribution in [0.4, 0.5) is 18.9 Å². The van der Waals surface area contributed by atoms with Crippen molar-refractivity contribution in [3.8, 4) is 11.1 Å². The van der Waals surface area contributed by atoms with Crippen LogP contribution in [-0.4, -0.2) is 53.3 Å². The predicted molar refractivity (Wildman–Crippen MR) is 115 cm³/mol. The predicted octanol–water partition coefficient (Wildman–Crippen LogP) is 3.39. The Morgan fingerprint density at radius 2 is 1.94 bits per heavy atom. The molecule has 2 aromatic rings. The molecule has 1 fully saturated rings. The van der Waals surface area contributed by atoms with E-state index in [1.54, 1.807) is 12.3 Å². The second-order valence-electron chi connectivity index (χ2n) is 7.67. The Hall–Kier alpha value is -3.01. The lowest BCUT2D eigenvalue weighted by atomic mass is 9.99. The average Bonchev–Trinajstić information content (AvgIpc) is 3.12. The SMILES string of the molecule is CSCC(=O)N[C@@H]1CCN2C(=O)c3cc(-c4cccc(C(F)(F)F)c4)ccc3NC(=O)[C@H]12. The number of carbonyl (C=O) groups is 3. The summed E-state index contributed by atoms with van der Waals surface area (Å²) >= 11 is 1.36. The maximum absolute atomic E-state index is 13.3. The van der Waals surface area contributed by atoms with Gasteiger partial charge in [0.25, 0.3) is 5.91 Å². The number of hydrogen-bond acceptors (Lipinski definition) is 4. The van der Waals surface area contributed by atoms with Crippen molar-refractivity contribution in [2.75, 3.05) is 23.9 Å². The third kappa shape index (κ3) is 4.19. The minimum absolute atomic E-state index is 0.201. The first-order chi connectivity index (χ1) is 15.2. The Kier molecular flexibility index (Phi) is 5.89. The second kappa shape index (κ2) is 8.50. The molecule has 0 radical (unpaired) electrons. The molecule has 168 valence electrons. The molecule has 2 atom stereocenters.